The third kappa shape index (κ3) is 4.45. The van der Waals surface area contributed by atoms with Crippen molar-refractivity contribution < 1.29 is 9.59 Å². The quantitative estimate of drug-likeness (QED) is 0.891. The van der Waals surface area contributed by atoms with Gasteiger partial charge in [0.1, 0.15) is 0 Å². The maximum atomic E-state index is 12.0. The molecule has 2 aromatic rings. The van der Waals surface area contributed by atoms with Gasteiger partial charge in [0, 0.05) is 24.3 Å². The van der Waals surface area contributed by atoms with E-state index in [0.717, 1.165) is 22.5 Å². The highest BCUT2D eigenvalue weighted by Gasteiger charge is 2.13. The number of rotatable bonds is 4. The Hall–Kier alpha value is -2.60. The van der Waals surface area contributed by atoms with Crippen molar-refractivity contribution in [3.05, 3.63) is 65.7 Å². The Labute approximate surface area is 144 Å². The number of thioether (sulfide) groups is 1. The van der Waals surface area contributed by atoms with E-state index in [9.17, 15) is 9.59 Å². The molecular formula is C18H17N3O2S. The molecule has 0 spiro atoms. The molecule has 3 rings (SSSR count). The highest BCUT2D eigenvalue weighted by atomic mass is 32.2. The lowest BCUT2D eigenvalue weighted by molar-refractivity contribution is -0.121. The van der Waals surface area contributed by atoms with E-state index in [1.165, 1.54) is 11.8 Å². The number of nitrogens with zero attached hydrogens (tertiary/aromatic N) is 1. The fourth-order valence-electron chi connectivity index (χ4n) is 2.31. The predicted octanol–water partition coefficient (Wildman–Crippen LogP) is 3.77. The Balaban J connectivity index is 1.54. The Morgan fingerprint density at radius 2 is 1.83 bits per heavy atom. The average Bonchev–Trinajstić information content (AvgIpc) is 2.62. The molecule has 0 bridgehead atoms. The summed E-state index contributed by atoms with van der Waals surface area (Å²) in [6, 6.07) is 17.4. The summed E-state index contributed by atoms with van der Waals surface area (Å²) in [7, 11) is 0. The van der Waals surface area contributed by atoms with E-state index in [2.05, 4.69) is 15.8 Å². The zero-order valence-corrected chi connectivity index (χ0v) is 13.8. The first-order valence-corrected chi connectivity index (χ1v) is 8.63. The fraction of sp³-hybridized carbons (Fsp3) is 0.167. The molecule has 1 aliphatic rings. The summed E-state index contributed by atoms with van der Waals surface area (Å²) in [4.78, 5) is 23.1. The lowest BCUT2D eigenvalue weighted by Gasteiger charge is -2.12. The molecule has 1 aliphatic heterocycles. The van der Waals surface area contributed by atoms with Crippen LogP contribution >= 0.6 is 11.8 Å². The second-order valence-corrected chi connectivity index (χ2v) is 6.31. The molecule has 2 aromatic carbocycles. The van der Waals surface area contributed by atoms with Gasteiger partial charge in [0.25, 0.3) is 5.24 Å². The molecule has 0 aliphatic carbocycles. The molecule has 0 saturated heterocycles. The van der Waals surface area contributed by atoms with Gasteiger partial charge >= 0.3 is 0 Å². The van der Waals surface area contributed by atoms with E-state index in [0.29, 0.717) is 18.6 Å². The first kappa shape index (κ1) is 16.3. The fourth-order valence-corrected chi connectivity index (χ4v) is 2.99. The number of hydrogen-bond donors (Lipinski definition) is 2. The second-order valence-electron chi connectivity index (χ2n) is 5.36. The zero-order chi connectivity index (χ0) is 16.8. The number of amides is 2. The minimum atomic E-state index is -0.0890. The molecule has 0 aromatic heterocycles. The number of carbonyl (C=O) groups is 2. The third-order valence-corrected chi connectivity index (χ3v) is 4.42. The first-order chi connectivity index (χ1) is 11.7. The Bertz CT molecular complexity index is 758. The van der Waals surface area contributed by atoms with Gasteiger partial charge in [0.05, 0.1) is 5.71 Å². The van der Waals surface area contributed by atoms with E-state index < -0.39 is 0 Å². The van der Waals surface area contributed by atoms with Crippen LogP contribution in [0.5, 0.6) is 0 Å². The number of hydrogen-bond acceptors (Lipinski definition) is 4. The lowest BCUT2D eigenvalue weighted by Crippen LogP contribution is -2.25. The molecule has 0 unspecified atom stereocenters. The van der Waals surface area contributed by atoms with Gasteiger partial charge in [-0.2, -0.15) is 5.10 Å². The van der Waals surface area contributed by atoms with Crippen molar-refractivity contribution in [3.8, 4) is 0 Å². The summed E-state index contributed by atoms with van der Waals surface area (Å²) in [5.41, 5.74) is 6.14. The standard InChI is InChI=1S/C18H17N3O2S/c22-17-11-10-16(20-21-17)14-6-8-15(9-7-14)19-18(23)24-12-13-4-2-1-3-5-13/h1-9H,10-12H2,(H,19,23)(H,21,22). The lowest BCUT2D eigenvalue weighted by atomic mass is 10.0. The molecule has 2 N–H and O–H groups in total. The summed E-state index contributed by atoms with van der Waals surface area (Å²) in [6.45, 7) is 0. The van der Waals surface area contributed by atoms with Gasteiger partial charge in [-0.3, -0.25) is 9.59 Å². The van der Waals surface area contributed by atoms with Crippen LogP contribution < -0.4 is 10.7 Å². The highest BCUT2D eigenvalue weighted by molar-refractivity contribution is 8.13. The van der Waals surface area contributed by atoms with Crippen LogP contribution in [0.15, 0.2) is 59.7 Å². The maximum Gasteiger partial charge on any atom is 0.283 e. The normalized spacial score (nSPS) is 13.8. The number of hydrazone groups is 1. The van der Waals surface area contributed by atoms with E-state index in [-0.39, 0.29) is 11.1 Å². The van der Waals surface area contributed by atoms with Crippen molar-refractivity contribution in [2.75, 3.05) is 5.32 Å². The second kappa shape index (κ2) is 7.79. The van der Waals surface area contributed by atoms with Crippen molar-refractivity contribution >= 4 is 34.3 Å². The number of carbonyl (C=O) groups excluding carboxylic acids is 2. The van der Waals surface area contributed by atoms with Crippen LogP contribution in [0.1, 0.15) is 24.0 Å². The first-order valence-electron chi connectivity index (χ1n) is 7.64. The Kier molecular flexibility index (Phi) is 5.28. The van der Waals surface area contributed by atoms with E-state index >= 15 is 0 Å². The van der Waals surface area contributed by atoms with Gasteiger partial charge in [-0.1, -0.05) is 54.2 Å². The van der Waals surface area contributed by atoms with Gasteiger partial charge in [0.15, 0.2) is 0 Å². The van der Waals surface area contributed by atoms with Crippen LogP contribution in [-0.2, 0) is 10.5 Å². The molecule has 24 heavy (non-hydrogen) atoms. The van der Waals surface area contributed by atoms with Gasteiger partial charge in [-0.05, 0) is 23.3 Å². The van der Waals surface area contributed by atoms with Crippen LogP contribution in [0.2, 0.25) is 0 Å². The molecule has 2 amide bonds. The van der Waals surface area contributed by atoms with Crippen LogP contribution in [0.4, 0.5) is 10.5 Å². The molecule has 0 atom stereocenters. The molecular weight excluding hydrogens is 322 g/mol. The molecule has 6 heteroatoms. The van der Waals surface area contributed by atoms with Crippen molar-refractivity contribution in [2.45, 2.75) is 18.6 Å². The molecule has 0 radical (unpaired) electrons. The van der Waals surface area contributed by atoms with Crippen LogP contribution in [0.3, 0.4) is 0 Å². The van der Waals surface area contributed by atoms with E-state index in [1.54, 1.807) is 0 Å². The van der Waals surface area contributed by atoms with Gasteiger partial charge in [-0.15, -0.1) is 0 Å². The summed E-state index contributed by atoms with van der Waals surface area (Å²) in [6.07, 6.45) is 1.08. The van der Waals surface area contributed by atoms with Crippen molar-refractivity contribution in [1.29, 1.82) is 0 Å². The zero-order valence-electron chi connectivity index (χ0n) is 13.0. The Morgan fingerprint density at radius 3 is 2.50 bits per heavy atom. The largest absolute Gasteiger partial charge is 0.317 e. The number of nitrogens with one attached hydrogen (secondary N) is 2. The molecule has 0 saturated carbocycles. The van der Waals surface area contributed by atoms with Crippen LogP contribution in [0.25, 0.3) is 0 Å². The van der Waals surface area contributed by atoms with Gasteiger partial charge < -0.3 is 5.32 Å². The van der Waals surface area contributed by atoms with Crippen molar-refractivity contribution in [2.24, 2.45) is 5.10 Å². The summed E-state index contributed by atoms with van der Waals surface area (Å²) >= 11 is 1.24. The summed E-state index contributed by atoms with van der Waals surface area (Å²) in [5, 5.41) is 6.83. The van der Waals surface area contributed by atoms with Crippen molar-refractivity contribution in [3.63, 3.8) is 0 Å². The maximum absolute atomic E-state index is 12.0. The monoisotopic (exact) mass is 339 g/mol. The molecule has 122 valence electrons. The third-order valence-electron chi connectivity index (χ3n) is 3.58. The minimum Gasteiger partial charge on any atom is -0.317 e. The summed E-state index contributed by atoms with van der Waals surface area (Å²) in [5.74, 6) is 0.583. The topological polar surface area (TPSA) is 70.6 Å². The number of benzene rings is 2. The molecule has 5 nitrogen and oxygen atoms in total. The smallest absolute Gasteiger partial charge is 0.283 e. The van der Waals surface area contributed by atoms with Gasteiger partial charge in [-0.25, -0.2) is 5.43 Å². The van der Waals surface area contributed by atoms with E-state index in [1.807, 2.05) is 54.6 Å². The highest BCUT2D eigenvalue weighted by Crippen LogP contribution is 2.18. The summed E-state index contributed by atoms with van der Waals surface area (Å²) < 4.78 is 0. The van der Waals surface area contributed by atoms with Crippen LogP contribution in [0, 0.1) is 0 Å². The van der Waals surface area contributed by atoms with E-state index in [4.69, 9.17) is 0 Å². The Morgan fingerprint density at radius 1 is 1.08 bits per heavy atom. The number of anilines is 1. The average molecular weight is 339 g/mol. The molecule has 1 heterocycles. The van der Waals surface area contributed by atoms with Crippen molar-refractivity contribution in [1.82, 2.24) is 5.43 Å². The predicted molar refractivity (Wildman–Crippen MR) is 97.1 cm³/mol. The van der Waals surface area contributed by atoms with Crippen LogP contribution in [-0.4, -0.2) is 16.9 Å². The SMILES string of the molecule is O=C1CCC(c2ccc(NC(=O)SCc3ccccc3)cc2)=NN1. The van der Waals surface area contributed by atoms with Gasteiger partial charge in [0.2, 0.25) is 5.91 Å². The molecule has 0 fully saturated rings. The minimum absolute atomic E-state index is 0.0573.